The monoisotopic (exact) mass is 566 g/mol. The maximum absolute atomic E-state index is 13.3. The molecule has 4 nitrogen and oxygen atoms in total. The molecule has 0 saturated carbocycles. The van der Waals surface area contributed by atoms with Gasteiger partial charge < -0.3 is 15.4 Å². The van der Waals surface area contributed by atoms with Crippen molar-refractivity contribution in [3.05, 3.63) is 131 Å². The van der Waals surface area contributed by atoms with E-state index in [0.717, 1.165) is 29.0 Å². The van der Waals surface area contributed by atoms with E-state index in [1.54, 1.807) is 12.1 Å². The van der Waals surface area contributed by atoms with Crippen molar-refractivity contribution in [3.8, 4) is 17.6 Å². The van der Waals surface area contributed by atoms with Gasteiger partial charge in [0.1, 0.15) is 18.2 Å². The number of halogens is 1. The van der Waals surface area contributed by atoms with E-state index >= 15 is 0 Å². The van der Waals surface area contributed by atoms with Crippen LogP contribution >= 0.6 is 9.24 Å². The van der Waals surface area contributed by atoms with Crippen LogP contribution in [0.25, 0.3) is 0 Å². The Balaban J connectivity index is 1.34. The molecule has 0 heterocycles. The third-order valence-corrected chi connectivity index (χ3v) is 7.21. The highest BCUT2D eigenvalue weighted by Gasteiger charge is 2.21. The third-order valence-electron chi connectivity index (χ3n) is 6.59. The summed E-state index contributed by atoms with van der Waals surface area (Å²) < 4.78 is 19.3. The molecule has 0 aromatic heterocycles. The van der Waals surface area contributed by atoms with Gasteiger partial charge in [-0.2, -0.15) is 0 Å². The Kier molecular flexibility index (Phi) is 11.1. The zero-order chi connectivity index (χ0) is 29.0. The van der Waals surface area contributed by atoms with Crippen LogP contribution in [0.3, 0.4) is 0 Å². The Labute approximate surface area is 244 Å². The Bertz CT molecular complexity index is 1480. The lowest BCUT2D eigenvalue weighted by atomic mass is 9.94. The number of carbonyl (C=O) groups is 1. The standard InChI is InChI=1S/C35H36FN2O2P/c1-25(2)34(39)33(38-31-18-16-30(36)17-19-31)22-28-12-6-11-26(21-28)13-8-20-40-32-15-7-14-29(23-32)35(41)37-24-27-9-4-3-5-10-27/h3-7,9-12,14-19,21,23,25,33,35,37-38H,20,22,24,41H2,1-2H3. The average molecular weight is 567 g/mol. The lowest BCUT2D eigenvalue weighted by Crippen LogP contribution is -2.34. The number of ketones is 1. The summed E-state index contributed by atoms with van der Waals surface area (Å²) in [5, 5.41) is 6.79. The van der Waals surface area contributed by atoms with Crippen LogP contribution < -0.4 is 15.4 Å². The SMILES string of the molecule is CC(C)C(=O)C(Cc1cccc(C#CCOc2cccc(C(P)NCc3ccccc3)c2)c1)Nc1ccc(F)cc1. The summed E-state index contributed by atoms with van der Waals surface area (Å²) in [6.45, 7) is 4.81. The summed E-state index contributed by atoms with van der Waals surface area (Å²) in [6.07, 6.45) is 0.502. The van der Waals surface area contributed by atoms with Crippen molar-refractivity contribution in [1.29, 1.82) is 0 Å². The molecule has 0 radical (unpaired) electrons. The summed E-state index contributed by atoms with van der Waals surface area (Å²) in [5.41, 5.74) is 4.91. The Morgan fingerprint density at radius 1 is 0.902 bits per heavy atom. The van der Waals surface area contributed by atoms with Gasteiger partial charge in [-0.15, -0.1) is 9.24 Å². The lowest BCUT2D eigenvalue weighted by Gasteiger charge is -2.21. The number of rotatable bonds is 12. The first kappa shape index (κ1) is 30.0. The van der Waals surface area contributed by atoms with E-state index in [1.165, 1.54) is 17.7 Å². The second kappa shape index (κ2) is 15.1. The van der Waals surface area contributed by atoms with Crippen molar-refractivity contribution in [2.75, 3.05) is 11.9 Å². The number of hydrogen-bond donors (Lipinski definition) is 2. The van der Waals surface area contributed by atoms with Gasteiger partial charge in [0.05, 0.1) is 6.04 Å². The highest BCUT2D eigenvalue weighted by atomic mass is 31.0. The highest BCUT2D eigenvalue weighted by Crippen LogP contribution is 2.24. The summed E-state index contributed by atoms with van der Waals surface area (Å²) >= 11 is 0. The van der Waals surface area contributed by atoms with E-state index in [0.29, 0.717) is 12.1 Å². The number of hydrogen-bond acceptors (Lipinski definition) is 4. The zero-order valence-electron chi connectivity index (χ0n) is 23.4. The highest BCUT2D eigenvalue weighted by molar-refractivity contribution is 7.17. The maximum atomic E-state index is 13.3. The van der Waals surface area contributed by atoms with Gasteiger partial charge in [-0.05, 0) is 71.6 Å². The van der Waals surface area contributed by atoms with Crippen molar-refractivity contribution >= 4 is 20.7 Å². The van der Waals surface area contributed by atoms with Crippen LogP contribution in [0.1, 0.15) is 41.9 Å². The van der Waals surface area contributed by atoms with E-state index in [-0.39, 0.29) is 29.9 Å². The molecule has 4 aromatic carbocycles. The van der Waals surface area contributed by atoms with Crippen LogP contribution in [0, 0.1) is 23.6 Å². The van der Waals surface area contributed by atoms with Gasteiger partial charge in [-0.25, -0.2) is 4.39 Å². The van der Waals surface area contributed by atoms with Gasteiger partial charge in [-0.3, -0.25) is 4.79 Å². The quantitative estimate of drug-likeness (QED) is 0.141. The average Bonchev–Trinajstić information content (AvgIpc) is 2.99. The van der Waals surface area contributed by atoms with E-state index in [1.807, 2.05) is 74.5 Å². The molecular formula is C35H36FN2O2P. The van der Waals surface area contributed by atoms with Gasteiger partial charge in [0.15, 0.2) is 5.78 Å². The number of benzene rings is 4. The van der Waals surface area contributed by atoms with Gasteiger partial charge in [0.25, 0.3) is 0 Å². The predicted octanol–water partition coefficient (Wildman–Crippen LogP) is 7.17. The number of Topliss-reactive ketones (excluding diaryl/α,β-unsaturated/α-hetero) is 1. The fourth-order valence-electron chi connectivity index (χ4n) is 4.38. The minimum absolute atomic E-state index is 0.0940. The third kappa shape index (κ3) is 9.57. The molecule has 41 heavy (non-hydrogen) atoms. The molecule has 0 aliphatic heterocycles. The van der Waals surface area contributed by atoms with Gasteiger partial charge in [0, 0.05) is 29.5 Å². The van der Waals surface area contributed by atoms with Crippen molar-refractivity contribution in [3.63, 3.8) is 0 Å². The normalized spacial score (nSPS) is 12.2. The molecule has 0 aliphatic rings. The topological polar surface area (TPSA) is 50.4 Å². The first-order valence-electron chi connectivity index (χ1n) is 13.8. The number of nitrogens with one attached hydrogen (secondary N) is 2. The molecule has 6 heteroatoms. The second-order valence-corrected chi connectivity index (χ2v) is 10.8. The smallest absolute Gasteiger partial charge is 0.157 e. The van der Waals surface area contributed by atoms with E-state index in [2.05, 4.69) is 49.9 Å². The molecule has 2 N–H and O–H groups in total. The molecule has 0 aliphatic carbocycles. The van der Waals surface area contributed by atoms with Crippen molar-refractivity contribution in [1.82, 2.24) is 5.32 Å². The van der Waals surface area contributed by atoms with Crippen LogP contribution in [-0.2, 0) is 17.8 Å². The maximum Gasteiger partial charge on any atom is 0.157 e. The van der Waals surface area contributed by atoms with Gasteiger partial charge in [0.2, 0.25) is 0 Å². The molecule has 0 bridgehead atoms. The molecule has 4 rings (SSSR count). The molecule has 0 fully saturated rings. The fraction of sp³-hybridized carbons (Fsp3) is 0.229. The summed E-state index contributed by atoms with van der Waals surface area (Å²) in [6, 6.07) is 31.8. The minimum Gasteiger partial charge on any atom is -0.481 e. The predicted molar refractivity (Wildman–Crippen MR) is 168 cm³/mol. The number of anilines is 1. The molecule has 0 spiro atoms. The molecule has 4 aromatic rings. The second-order valence-electron chi connectivity index (χ2n) is 10.2. The number of carbonyl (C=O) groups excluding carboxylic acids is 1. The Morgan fingerprint density at radius 3 is 2.39 bits per heavy atom. The fourth-order valence-corrected chi connectivity index (χ4v) is 4.71. The van der Waals surface area contributed by atoms with Crippen molar-refractivity contribution < 1.29 is 13.9 Å². The van der Waals surface area contributed by atoms with Gasteiger partial charge in [-0.1, -0.05) is 80.3 Å². The molecule has 0 saturated heterocycles. The van der Waals surface area contributed by atoms with Crippen LogP contribution in [0.4, 0.5) is 10.1 Å². The molecule has 3 unspecified atom stereocenters. The van der Waals surface area contributed by atoms with Crippen molar-refractivity contribution in [2.45, 2.75) is 38.6 Å². The van der Waals surface area contributed by atoms with Crippen LogP contribution in [0.5, 0.6) is 5.75 Å². The first-order valence-corrected chi connectivity index (χ1v) is 14.4. The molecule has 210 valence electrons. The largest absolute Gasteiger partial charge is 0.481 e. The summed E-state index contributed by atoms with van der Waals surface area (Å²) in [4.78, 5) is 12.9. The summed E-state index contributed by atoms with van der Waals surface area (Å²) in [7, 11) is 2.84. The van der Waals surface area contributed by atoms with E-state index < -0.39 is 6.04 Å². The van der Waals surface area contributed by atoms with Crippen molar-refractivity contribution in [2.24, 2.45) is 5.92 Å². The van der Waals surface area contributed by atoms with E-state index in [9.17, 15) is 9.18 Å². The van der Waals surface area contributed by atoms with Crippen LogP contribution in [-0.4, -0.2) is 18.4 Å². The molecule has 3 atom stereocenters. The van der Waals surface area contributed by atoms with Crippen LogP contribution in [0.2, 0.25) is 0 Å². The zero-order valence-corrected chi connectivity index (χ0v) is 24.6. The Morgan fingerprint density at radius 2 is 1.63 bits per heavy atom. The summed E-state index contributed by atoms with van der Waals surface area (Å²) in [5.74, 6) is 6.79. The number of ether oxygens (including phenoxy) is 1. The Hall–Kier alpha value is -3.97. The first-order chi connectivity index (χ1) is 19.9. The van der Waals surface area contributed by atoms with Gasteiger partial charge >= 0.3 is 0 Å². The minimum atomic E-state index is -0.429. The lowest BCUT2D eigenvalue weighted by molar-refractivity contribution is -0.122. The molecular weight excluding hydrogens is 530 g/mol. The van der Waals surface area contributed by atoms with E-state index in [4.69, 9.17) is 4.74 Å². The van der Waals surface area contributed by atoms with Crippen LogP contribution in [0.15, 0.2) is 103 Å². The molecule has 0 amide bonds.